The van der Waals surface area contributed by atoms with Crippen molar-refractivity contribution in [1.82, 2.24) is 14.1 Å². The van der Waals surface area contributed by atoms with Gasteiger partial charge in [0.2, 0.25) is 0 Å². The van der Waals surface area contributed by atoms with Crippen molar-refractivity contribution in [1.29, 1.82) is 0 Å². The Balaban J connectivity index is 1.22. The van der Waals surface area contributed by atoms with Crippen molar-refractivity contribution in [3.05, 3.63) is 152 Å². The zero-order chi connectivity index (χ0) is 29.5. The molecule has 0 saturated carbocycles. The molecule has 0 aliphatic rings. The molecule has 0 aliphatic carbocycles. The number of benzene rings is 6. The summed E-state index contributed by atoms with van der Waals surface area (Å²) >= 11 is 0. The minimum atomic E-state index is 0.852. The van der Waals surface area contributed by atoms with Gasteiger partial charge in [-0.2, -0.15) is 0 Å². The topological polar surface area (TPSA) is 35.9 Å². The van der Waals surface area contributed by atoms with Crippen LogP contribution in [0.25, 0.3) is 88.1 Å². The first-order valence-electron chi connectivity index (χ1n) is 15.2. The van der Waals surface area contributed by atoms with E-state index < -0.39 is 0 Å². The summed E-state index contributed by atoms with van der Waals surface area (Å²) in [5.74, 6) is 0. The van der Waals surface area contributed by atoms with Gasteiger partial charge in [-0.05, 0) is 71.8 Å². The van der Waals surface area contributed by atoms with Crippen LogP contribution in [0.1, 0.15) is 0 Å². The smallest absolute Gasteiger partial charge is 0.138 e. The van der Waals surface area contributed by atoms with Gasteiger partial charge in [-0.1, -0.05) is 78.9 Å². The summed E-state index contributed by atoms with van der Waals surface area (Å²) in [6.45, 7) is 0. The third kappa shape index (κ3) is 3.51. The Morgan fingerprint density at radius 2 is 0.978 bits per heavy atom. The van der Waals surface area contributed by atoms with Crippen molar-refractivity contribution >= 4 is 65.6 Å². The van der Waals surface area contributed by atoms with Crippen molar-refractivity contribution in [3.8, 4) is 22.5 Å². The van der Waals surface area contributed by atoms with Gasteiger partial charge in [0, 0.05) is 56.1 Å². The Morgan fingerprint density at radius 1 is 0.400 bits per heavy atom. The van der Waals surface area contributed by atoms with E-state index in [0.717, 1.165) is 33.3 Å². The highest BCUT2D eigenvalue weighted by Gasteiger charge is 2.17. The van der Waals surface area contributed by atoms with Crippen molar-refractivity contribution in [2.75, 3.05) is 0 Å². The zero-order valence-corrected chi connectivity index (χ0v) is 24.2. The minimum Gasteiger partial charge on any atom is -0.456 e. The normalized spacial score (nSPS) is 12.0. The lowest BCUT2D eigenvalue weighted by Gasteiger charge is -2.11. The molecule has 10 rings (SSSR count). The minimum absolute atomic E-state index is 0.852. The second kappa shape index (κ2) is 9.18. The van der Waals surface area contributed by atoms with Gasteiger partial charge in [0.25, 0.3) is 0 Å². The SMILES string of the molecule is c1ccc(-n2c3ccccc3c3ccc(-c4ccc5c6ccccc6n(-c6ccc7oc8ccncc8c7c6)c5c4)cc32)cc1. The van der Waals surface area contributed by atoms with E-state index in [0.29, 0.717) is 0 Å². The summed E-state index contributed by atoms with van der Waals surface area (Å²) in [4.78, 5) is 4.36. The van der Waals surface area contributed by atoms with E-state index in [-0.39, 0.29) is 0 Å². The lowest BCUT2D eigenvalue weighted by molar-refractivity contribution is 0.668. The number of aromatic nitrogens is 3. The van der Waals surface area contributed by atoms with E-state index in [1.807, 2.05) is 12.3 Å². The Hall–Kier alpha value is -6.13. The first-order valence-corrected chi connectivity index (χ1v) is 15.2. The van der Waals surface area contributed by atoms with Gasteiger partial charge in [0.15, 0.2) is 0 Å². The molecule has 0 N–H and O–H groups in total. The monoisotopic (exact) mass is 575 g/mol. The summed E-state index contributed by atoms with van der Waals surface area (Å²) in [6, 6.07) is 50.1. The maximum atomic E-state index is 6.12. The quantitative estimate of drug-likeness (QED) is 0.210. The molecule has 0 amide bonds. The van der Waals surface area contributed by atoms with Crippen LogP contribution in [0.2, 0.25) is 0 Å². The van der Waals surface area contributed by atoms with Crippen molar-refractivity contribution < 1.29 is 4.42 Å². The molecule has 45 heavy (non-hydrogen) atoms. The number of rotatable bonds is 3. The maximum Gasteiger partial charge on any atom is 0.138 e. The van der Waals surface area contributed by atoms with Gasteiger partial charge in [-0.25, -0.2) is 0 Å². The third-order valence-corrected chi connectivity index (χ3v) is 9.21. The van der Waals surface area contributed by atoms with Crippen LogP contribution in [0, 0.1) is 0 Å². The lowest BCUT2D eigenvalue weighted by atomic mass is 10.0. The molecule has 4 heteroatoms. The molecule has 4 heterocycles. The number of pyridine rings is 1. The highest BCUT2D eigenvalue weighted by atomic mass is 16.3. The summed E-state index contributed by atoms with van der Waals surface area (Å²) in [5, 5.41) is 7.07. The number of furan rings is 1. The van der Waals surface area contributed by atoms with Crippen molar-refractivity contribution in [2.24, 2.45) is 0 Å². The van der Waals surface area contributed by atoms with Crippen molar-refractivity contribution in [3.63, 3.8) is 0 Å². The first-order chi connectivity index (χ1) is 22.3. The highest BCUT2D eigenvalue weighted by Crippen LogP contribution is 2.39. The molecule has 0 aliphatic heterocycles. The standard InChI is InChI=1S/C41H25N3O/c1-2-8-28(9-3-1)43-36-12-6-4-10-30(36)32-17-14-26(22-38(32)43)27-15-18-33-31-11-5-7-13-37(31)44(39(33)23-27)29-16-19-40-34(24-29)35-25-42-21-20-41(35)45-40/h1-25H. The van der Waals surface area contributed by atoms with Crippen LogP contribution in [0.3, 0.4) is 0 Å². The molecule has 4 aromatic heterocycles. The summed E-state index contributed by atoms with van der Waals surface area (Å²) in [5.41, 5.74) is 11.1. The van der Waals surface area contributed by atoms with Gasteiger partial charge in [-0.15, -0.1) is 0 Å². The molecular weight excluding hydrogens is 550 g/mol. The molecule has 0 bridgehead atoms. The van der Waals surface area contributed by atoms with E-state index in [2.05, 4.69) is 148 Å². The molecular formula is C41H25N3O. The van der Waals surface area contributed by atoms with Crippen LogP contribution in [-0.4, -0.2) is 14.1 Å². The molecule has 0 unspecified atom stereocenters. The van der Waals surface area contributed by atoms with E-state index >= 15 is 0 Å². The molecule has 0 spiro atoms. The Morgan fingerprint density at radius 3 is 1.67 bits per heavy atom. The zero-order valence-electron chi connectivity index (χ0n) is 24.2. The van der Waals surface area contributed by atoms with E-state index in [9.17, 15) is 0 Å². The predicted molar refractivity (Wildman–Crippen MR) is 186 cm³/mol. The predicted octanol–water partition coefficient (Wildman–Crippen LogP) is 10.8. The number of hydrogen-bond acceptors (Lipinski definition) is 2. The molecule has 4 nitrogen and oxygen atoms in total. The van der Waals surface area contributed by atoms with E-state index in [4.69, 9.17) is 4.42 Å². The summed E-state index contributed by atoms with van der Waals surface area (Å²) < 4.78 is 10.9. The summed E-state index contributed by atoms with van der Waals surface area (Å²) in [6.07, 6.45) is 3.66. The fraction of sp³-hybridized carbons (Fsp3) is 0. The average molecular weight is 576 g/mol. The van der Waals surface area contributed by atoms with E-state index in [1.165, 1.54) is 54.7 Å². The second-order valence-electron chi connectivity index (χ2n) is 11.7. The first kappa shape index (κ1) is 24.3. The second-order valence-corrected chi connectivity index (χ2v) is 11.7. The molecule has 0 radical (unpaired) electrons. The molecule has 6 aromatic carbocycles. The molecule has 210 valence electrons. The van der Waals surface area contributed by atoms with Gasteiger partial charge >= 0.3 is 0 Å². The molecule has 10 aromatic rings. The Labute approximate surface area is 258 Å². The fourth-order valence-electron chi connectivity index (χ4n) is 7.18. The lowest BCUT2D eigenvalue weighted by Crippen LogP contribution is -1.94. The van der Waals surface area contributed by atoms with Crippen LogP contribution in [0.4, 0.5) is 0 Å². The Kier molecular flexibility index (Phi) is 4.96. The fourth-order valence-corrected chi connectivity index (χ4v) is 7.18. The van der Waals surface area contributed by atoms with E-state index in [1.54, 1.807) is 6.20 Å². The van der Waals surface area contributed by atoms with Gasteiger partial charge in [0.05, 0.1) is 22.1 Å². The van der Waals surface area contributed by atoms with Crippen LogP contribution in [0.15, 0.2) is 156 Å². The van der Waals surface area contributed by atoms with Crippen LogP contribution < -0.4 is 0 Å². The van der Waals surface area contributed by atoms with Gasteiger partial charge in [-0.3, -0.25) is 4.98 Å². The number of hydrogen-bond donors (Lipinski definition) is 0. The van der Waals surface area contributed by atoms with Gasteiger partial charge < -0.3 is 13.6 Å². The number of para-hydroxylation sites is 3. The molecule has 0 saturated heterocycles. The molecule has 0 atom stereocenters. The summed E-state index contributed by atoms with van der Waals surface area (Å²) in [7, 11) is 0. The highest BCUT2D eigenvalue weighted by molar-refractivity contribution is 6.13. The Bertz CT molecular complexity index is 2760. The van der Waals surface area contributed by atoms with Crippen LogP contribution >= 0.6 is 0 Å². The molecule has 0 fully saturated rings. The average Bonchev–Trinajstić information content (AvgIpc) is 3.75. The number of nitrogens with zero attached hydrogens (tertiary/aromatic N) is 3. The largest absolute Gasteiger partial charge is 0.456 e. The maximum absolute atomic E-state index is 6.12. The van der Waals surface area contributed by atoms with Crippen LogP contribution in [-0.2, 0) is 0 Å². The van der Waals surface area contributed by atoms with Crippen molar-refractivity contribution in [2.45, 2.75) is 0 Å². The van der Waals surface area contributed by atoms with Crippen LogP contribution in [0.5, 0.6) is 0 Å². The van der Waals surface area contributed by atoms with Gasteiger partial charge in [0.1, 0.15) is 11.2 Å². The number of fused-ring (bicyclic) bond motifs is 9. The third-order valence-electron chi connectivity index (χ3n) is 9.21.